The number of ether oxygens (including phenoxy) is 1. The Bertz CT molecular complexity index is 908. The Hall–Kier alpha value is -3.15. The number of benzene rings is 2. The maximum atomic E-state index is 12.4. The van der Waals surface area contributed by atoms with Crippen molar-refractivity contribution in [1.29, 1.82) is 0 Å². The summed E-state index contributed by atoms with van der Waals surface area (Å²) in [5, 5.41) is 6.95. The molecule has 0 aliphatic carbocycles. The van der Waals surface area contributed by atoms with E-state index in [4.69, 9.17) is 9.26 Å². The topological polar surface area (TPSA) is 77.3 Å². The monoisotopic (exact) mass is 363 g/mol. The molecule has 0 saturated carbocycles. The van der Waals surface area contributed by atoms with E-state index in [1.54, 1.807) is 0 Å². The van der Waals surface area contributed by atoms with Crippen LogP contribution in [-0.2, 0) is 24.1 Å². The summed E-state index contributed by atoms with van der Waals surface area (Å²) in [4.78, 5) is 16.8. The minimum Gasteiger partial charge on any atom is -0.492 e. The second-order valence-electron chi connectivity index (χ2n) is 6.63. The first-order valence-corrected chi connectivity index (χ1v) is 9.12. The van der Waals surface area contributed by atoms with Crippen LogP contribution in [-0.4, -0.2) is 29.2 Å². The third-order valence-corrected chi connectivity index (χ3v) is 4.60. The quantitative estimate of drug-likeness (QED) is 0.728. The fourth-order valence-corrected chi connectivity index (χ4v) is 3.18. The Morgan fingerprint density at radius 2 is 1.93 bits per heavy atom. The van der Waals surface area contributed by atoms with Crippen molar-refractivity contribution in [2.45, 2.75) is 19.3 Å². The van der Waals surface area contributed by atoms with Gasteiger partial charge in [-0.15, -0.1) is 0 Å². The fourth-order valence-electron chi connectivity index (χ4n) is 3.18. The van der Waals surface area contributed by atoms with Gasteiger partial charge in [0.2, 0.25) is 11.8 Å². The third-order valence-electron chi connectivity index (χ3n) is 4.60. The largest absolute Gasteiger partial charge is 0.492 e. The van der Waals surface area contributed by atoms with Crippen LogP contribution >= 0.6 is 0 Å². The zero-order valence-electron chi connectivity index (χ0n) is 14.9. The van der Waals surface area contributed by atoms with Crippen LogP contribution in [0.3, 0.4) is 0 Å². The van der Waals surface area contributed by atoms with Crippen LogP contribution in [0.1, 0.15) is 22.8 Å². The van der Waals surface area contributed by atoms with Crippen LogP contribution in [0.2, 0.25) is 0 Å². The van der Waals surface area contributed by atoms with Crippen molar-refractivity contribution in [3.8, 4) is 5.75 Å². The average Bonchev–Trinajstić information content (AvgIpc) is 3.15. The van der Waals surface area contributed by atoms with Gasteiger partial charge in [0, 0.05) is 19.4 Å². The first kappa shape index (κ1) is 17.3. The summed E-state index contributed by atoms with van der Waals surface area (Å²) in [7, 11) is 0. The van der Waals surface area contributed by atoms with E-state index in [0.29, 0.717) is 44.1 Å². The number of amides is 1. The molecule has 6 heteroatoms. The van der Waals surface area contributed by atoms with Crippen molar-refractivity contribution in [2.75, 3.05) is 13.2 Å². The summed E-state index contributed by atoms with van der Waals surface area (Å²) in [6, 6.07) is 17.8. The molecule has 0 fully saturated rings. The molecule has 1 aliphatic heterocycles. The maximum Gasteiger partial charge on any atom is 0.228 e. The summed E-state index contributed by atoms with van der Waals surface area (Å²) < 4.78 is 11.0. The number of aromatic nitrogens is 2. The molecule has 3 aromatic rings. The van der Waals surface area contributed by atoms with Gasteiger partial charge in [-0.3, -0.25) is 4.79 Å². The molecule has 1 aromatic heterocycles. The summed E-state index contributed by atoms with van der Waals surface area (Å²) in [5.41, 5.74) is 2.21. The van der Waals surface area contributed by atoms with Crippen molar-refractivity contribution in [3.05, 3.63) is 77.4 Å². The summed E-state index contributed by atoms with van der Waals surface area (Å²) >= 11 is 0. The van der Waals surface area contributed by atoms with Gasteiger partial charge in [-0.25, -0.2) is 0 Å². The molecule has 1 N–H and O–H groups in total. The zero-order valence-corrected chi connectivity index (χ0v) is 14.9. The fraction of sp³-hybridized carbons (Fsp3) is 0.286. The molecule has 1 aliphatic rings. The number of hydrogen-bond acceptors (Lipinski definition) is 5. The molecular weight excluding hydrogens is 342 g/mol. The van der Waals surface area contributed by atoms with Gasteiger partial charge in [0.1, 0.15) is 12.4 Å². The number of para-hydroxylation sites is 1. The van der Waals surface area contributed by atoms with E-state index in [1.165, 1.54) is 0 Å². The first-order chi connectivity index (χ1) is 13.3. The molecule has 0 radical (unpaired) electrons. The second-order valence-corrected chi connectivity index (χ2v) is 6.63. The first-order valence-electron chi connectivity index (χ1n) is 9.12. The molecule has 6 nitrogen and oxygen atoms in total. The van der Waals surface area contributed by atoms with Crippen LogP contribution in [0.25, 0.3) is 0 Å². The Balaban J connectivity index is 1.25. The van der Waals surface area contributed by atoms with Gasteiger partial charge in [-0.1, -0.05) is 53.7 Å². The summed E-state index contributed by atoms with van der Waals surface area (Å²) in [5.74, 6) is 1.88. The van der Waals surface area contributed by atoms with Crippen LogP contribution in [0.5, 0.6) is 5.75 Å². The molecule has 1 atom stereocenters. The lowest BCUT2D eigenvalue weighted by atomic mass is 9.96. The molecule has 1 amide bonds. The summed E-state index contributed by atoms with van der Waals surface area (Å²) in [6.45, 7) is 0.870. The molecule has 27 heavy (non-hydrogen) atoms. The summed E-state index contributed by atoms with van der Waals surface area (Å²) in [6.07, 6.45) is 1.84. The van der Waals surface area contributed by atoms with E-state index in [1.807, 2.05) is 54.6 Å². The third kappa shape index (κ3) is 4.34. The number of nitrogens with one attached hydrogen (secondary N) is 1. The molecule has 2 aromatic carbocycles. The molecule has 4 rings (SSSR count). The van der Waals surface area contributed by atoms with Gasteiger partial charge in [-0.05, 0) is 23.6 Å². The minimum atomic E-state index is -0.170. The van der Waals surface area contributed by atoms with Gasteiger partial charge in [-0.2, -0.15) is 4.98 Å². The lowest BCUT2D eigenvalue weighted by Crippen LogP contribution is -2.38. The van der Waals surface area contributed by atoms with E-state index in [-0.39, 0.29) is 11.8 Å². The van der Waals surface area contributed by atoms with Crippen molar-refractivity contribution < 1.29 is 14.1 Å². The van der Waals surface area contributed by atoms with Crippen molar-refractivity contribution in [1.82, 2.24) is 15.5 Å². The number of carbonyl (C=O) groups excluding carboxylic acids is 1. The van der Waals surface area contributed by atoms with Gasteiger partial charge < -0.3 is 14.6 Å². The highest BCUT2D eigenvalue weighted by atomic mass is 16.5. The molecule has 0 unspecified atom stereocenters. The highest BCUT2D eigenvalue weighted by molar-refractivity contribution is 5.79. The van der Waals surface area contributed by atoms with E-state index in [2.05, 4.69) is 15.5 Å². The number of nitrogens with zero attached hydrogens (tertiary/aromatic N) is 2. The molecule has 2 heterocycles. The second kappa shape index (κ2) is 8.03. The molecule has 0 spiro atoms. The van der Waals surface area contributed by atoms with Crippen molar-refractivity contribution in [3.63, 3.8) is 0 Å². The van der Waals surface area contributed by atoms with E-state index in [9.17, 15) is 4.79 Å². The predicted molar refractivity (Wildman–Crippen MR) is 99.4 cm³/mol. The number of fused-ring (bicyclic) bond motifs is 1. The maximum absolute atomic E-state index is 12.4. The lowest BCUT2D eigenvalue weighted by molar-refractivity contribution is -0.126. The van der Waals surface area contributed by atoms with Gasteiger partial charge in [0.15, 0.2) is 5.82 Å². The molecule has 0 bridgehead atoms. The van der Waals surface area contributed by atoms with E-state index >= 15 is 0 Å². The van der Waals surface area contributed by atoms with Crippen LogP contribution in [0, 0.1) is 5.92 Å². The number of carbonyl (C=O) groups is 1. The zero-order chi connectivity index (χ0) is 18.5. The van der Waals surface area contributed by atoms with E-state index in [0.717, 1.165) is 16.9 Å². The van der Waals surface area contributed by atoms with Crippen molar-refractivity contribution >= 4 is 5.91 Å². The standard InChI is InChI=1S/C21H21N3O3/c25-21(17-13-16-8-4-5-9-18(16)26-14-17)22-11-10-20-23-19(24-27-20)12-15-6-2-1-3-7-15/h1-9,17H,10-14H2,(H,22,25)/t17-/m0/s1. The SMILES string of the molecule is O=C(NCCc1nc(Cc2ccccc2)no1)[C@@H]1COc2ccccc2C1. The van der Waals surface area contributed by atoms with Crippen LogP contribution in [0.15, 0.2) is 59.1 Å². The molecule has 138 valence electrons. The highest BCUT2D eigenvalue weighted by Crippen LogP contribution is 2.26. The van der Waals surface area contributed by atoms with E-state index < -0.39 is 0 Å². The lowest BCUT2D eigenvalue weighted by Gasteiger charge is -2.24. The smallest absolute Gasteiger partial charge is 0.228 e. The molecule has 0 saturated heterocycles. The van der Waals surface area contributed by atoms with Crippen LogP contribution in [0.4, 0.5) is 0 Å². The Kier molecular flexibility index (Phi) is 5.14. The molecular formula is C21H21N3O3. The average molecular weight is 363 g/mol. The van der Waals surface area contributed by atoms with Crippen LogP contribution < -0.4 is 10.1 Å². The Labute approximate surface area is 157 Å². The highest BCUT2D eigenvalue weighted by Gasteiger charge is 2.25. The van der Waals surface area contributed by atoms with Gasteiger partial charge >= 0.3 is 0 Å². The van der Waals surface area contributed by atoms with Crippen molar-refractivity contribution in [2.24, 2.45) is 5.92 Å². The number of hydrogen-bond donors (Lipinski definition) is 1. The van der Waals surface area contributed by atoms with Gasteiger partial charge in [0.05, 0.1) is 5.92 Å². The Morgan fingerprint density at radius 3 is 2.81 bits per heavy atom. The minimum absolute atomic E-state index is 0.00599. The predicted octanol–water partition coefficient (Wildman–Crippen LogP) is 2.57. The normalized spacial score (nSPS) is 15.6. The Morgan fingerprint density at radius 1 is 1.11 bits per heavy atom. The number of rotatable bonds is 6. The van der Waals surface area contributed by atoms with Gasteiger partial charge in [0.25, 0.3) is 0 Å².